The van der Waals surface area contributed by atoms with Crippen molar-refractivity contribution in [3.05, 3.63) is 42.5 Å². The maximum Gasteiger partial charge on any atom is 0.298 e. The Balaban J connectivity index is 0.000000255. The zero-order valence-electron chi connectivity index (χ0n) is 7.34. The van der Waals surface area contributed by atoms with Crippen LogP contribution in [0.4, 0.5) is 17.6 Å². The van der Waals surface area contributed by atoms with Crippen molar-refractivity contribution in [3.8, 4) is 0 Å². The molecular formula is C10H10F4. The predicted molar refractivity (Wildman–Crippen MR) is 48.5 cm³/mol. The van der Waals surface area contributed by atoms with Gasteiger partial charge in [0.25, 0.3) is 12.9 Å². The molecule has 14 heavy (non-hydrogen) atoms. The molecule has 0 fully saturated rings. The lowest BCUT2D eigenvalue weighted by molar-refractivity contribution is -0.0278. The Morgan fingerprint density at radius 2 is 1.36 bits per heavy atom. The molecule has 0 N–H and O–H groups in total. The van der Waals surface area contributed by atoms with Crippen LogP contribution in [0.15, 0.2) is 36.9 Å². The van der Waals surface area contributed by atoms with E-state index >= 15 is 0 Å². The molecule has 1 rings (SSSR count). The average molecular weight is 206 g/mol. The van der Waals surface area contributed by atoms with E-state index in [1.165, 1.54) is 5.56 Å². The van der Waals surface area contributed by atoms with Gasteiger partial charge in [0.2, 0.25) is 0 Å². The van der Waals surface area contributed by atoms with Crippen LogP contribution in [0.2, 0.25) is 0 Å². The van der Waals surface area contributed by atoms with Gasteiger partial charge in [-0.15, -0.1) is 0 Å². The summed E-state index contributed by atoms with van der Waals surface area (Å²) in [5.41, 5.74) is 1.17. The van der Waals surface area contributed by atoms with Crippen molar-refractivity contribution in [1.29, 1.82) is 0 Å². The maximum atomic E-state index is 10.4. The van der Waals surface area contributed by atoms with Crippen LogP contribution in [-0.4, -0.2) is 12.9 Å². The Morgan fingerprint density at radius 1 is 0.929 bits per heavy atom. The molecule has 1 aromatic rings. The summed E-state index contributed by atoms with van der Waals surface area (Å²) in [6.07, 6.45) is -5.13. The average Bonchev–Trinajstić information content (AvgIpc) is 2.20. The number of rotatable bonds is 2. The van der Waals surface area contributed by atoms with Crippen molar-refractivity contribution in [3.63, 3.8) is 0 Å². The summed E-state index contributed by atoms with van der Waals surface area (Å²) in [6.45, 7) is 3.63. The van der Waals surface area contributed by atoms with E-state index in [2.05, 4.69) is 6.58 Å². The third-order valence-electron chi connectivity index (χ3n) is 1.23. The number of hydrogen-bond acceptors (Lipinski definition) is 0. The summed E-state index contributed by atoms with van der Waals surface area (Å²) in [5.74, 6) is 0. The van der Waals surface area contributed by atoms with Gasteiger partial charge in [0, 0.05) is 0 Å². The number of alkyl halides is 4. The van der Waals surface area contributed by atoms with E-state index in [0.717, 1.165) is 0 Å². The molecule has 0 saturated heterocycles. The largest absolute Gasteiger partial charge is 0.298 e. The standard InChI is InChI=1S/C8H8.C2H2F4/c1-2-8-6-4-3-5-7-8;3-1(4)2(5)6/h2-7H,1H2;1-2H. The van der Waals surface area contributed by atoms with Crippen LogP contribution >= 0.6 is 0 Å². The molecule has 0 aliphatic rings. The second kappa shape index (κ2) is 7.12. The molecule has 0 aromatic heterocycles. The minimum atomic E-state index is -3.48. The minimum Gasteiger partial charge on any atom is -0.204 e. The molecule has 0 nitrogen and oxygen atoms in total. The fourth-order valence-corrected chi connectivity index (χ4v) is 0.589. The first-order valence-electron chi connectivity index (χ1n) is 3.81. The molecule has 4 heteroatoms. The molecule has 0 unspecified atom stereocenters. The summed E-state index contributed by atoms with van der Waals surface area (Å²) < 4.78 is 41.6. The molecule has 0 heterocycles. The molecule has 0 saturated carbocycles. The van der Waals surface area contributed by atoms with E-state index in [0.29, 0.717) is 0 Å². The molecule has 0 atom stereocenters. The number of benzene rings is 1. The fourth-order valence-electron chi connectivity index (χ4n) is 0.589. The van der Waals surface area contributed by atoms with E-state index < -0.39 is 12.9 Å². The Hall–Kier alpha value is -1.32. The summed E-state index contributed by atoms with van der Waals surface area (Å²) >= 11 is 0. The van der Waals surface area contributed by atoms with Gasteiger partial charge in [0.1, 0.15) is 0 Å². The topological polar surface area (TPSA) is 0 Å². The monoisotopic (exact) mass is 206 g/mol. The van der Waals surface area contributed by atoms with Gasteiger partial charge in [0.05, 0.1) is 0 Å². The third kappa shape index (κ3) is 6.22. The fraction of sp³-hybridized carbons (Fsp3) is 0.200. The van der Waals surface area contributed by atoms with Crippen LogP contribution in [0, 0.1) is 0 Å². The van der Waals surface area contributed by atoms with E-state index in [-0.39, 0.29) is 0 Å². The highest BCUT2D eigenvalue weighted by atomic mass is 19.3. The minimum absolute atomic E-state index is 1.17. The van der Waals surface area contributed by atoms with Crippen molar-refractivity contribution in [2.45, 2.75) is 12.9 Å². The van der Waals surface area contributed by atoms with E-state index in [4.69, 9.17) is 0 Å². The van der Waals surface area contributed by atoms with Gasteiger partial charge in [-0.25, -0.2) is 17.6 Å². The molecule has 0 aliphatic heterocycles. The number of halogens is 4. The molecule has 0 amide bonds. The summed E-state index contributed by atoms with van der Waals surface area (Å²) in [6, 6.07) is 10.0. The molecular weight excluding hydrogens is 196 g/mol. The van der Waals surface area contributed by atoms with Crippen molar-refractivity contribution in [2.24, 2.45) is 0 Å². The van der Waals surface area contributed by atoms with Gasteiger partial charge in [-0.05, 0) is 5.56 Å². The van der Waals surface area contributed by atoms with Gasteiger partial charge in [-0.3, -0.25) is 0 Å². The Labute approximate surface area is 79.9 Å². The number of hydrogen-bond donors (Lipinski definition) is 0. The van der Waals surface area contributed by atoms with Gasteiger partial charge >= 0.3 is 0 Å². The van der Waals surface area contributed by atoms with Crippen LogP contribution in [0.25, 0.3) is 6.08 Å². The lowest BCUT2D eigenvalue weighted by atomic mass is 10.2. The molecule has 0 radical (unpaired) electrons. The second-order valence-corrected chi connectivity index (χ2v) is 2.28. The highest BCUT2D eigenvalue weighted by Crippen LogP contribution is 2.04. The quantitative estimate of drug-likeness (QED) is 0.645. The van der Waals surface area contributed by atoms with Crippen LogP contribution < -0.4 is 0 Å². The summed E-state index contributed by atoms with van der Waals surface area (Å²) in [7, 11) is 0. The van der Waals surface area contributed by atoms with Crippen LogP contribution in [-0.2, 0) is 0 Å². The first-order chi connectivity index (χ1) is 6.57. The van der Waals surface area contributed by atoms with Gasteiger partial charge in [-0.1, -0.05) is 43.0 Å². The predicted octanol–water partition coefficient (Wildman–Crippen LogP) is 3.85. The van der Waals surface area contributed by atoms with Crippen molar-refractivity contribution in [2.75, 3.05) is 0 Å². The van der Waals surface area contributed by atoms with Gasteiger partial charge in [-0.2, -0.15) is 0 Å². The highest BCUT2D eigenvalue weighted by Gasteiger charge is 2.15. The molecule has 1 aromatic carbocycles. The van der Waals surface area contributed by atoms with Crippen LogP contribution in [0.3, 0.4) is 0 Å². The van der Waals surface area contributed by atoms with Gasteiger partial charge in [0.15, 0.2) is 0 Å². The Bertz CT molecular complexity index is 238. The molecule has 0 bridgehead atoms. The van der Waals surface area contributed by atoms with E-state index in [9.17, 15) is 17.6 Å². The maximum absolute atomic E-state index is 10.4. The lowest BCUT2D eigenvalue weighted by Gasteiger charge is -1.89. The van der Waals surface area contributed by atoms with Gasteiger partial charge < -0.3 is 0 Å². The van der Waals surface area contributed by atoms with E-state index in [1.807, 2.05) is 36.4 Å². The smallest absolute Gasteiger partial charge is 0.204 e. The lowest BCUT2D eigenvalue weighted by Crippen LogP contribution is -2.02. The molecule has 78 valence electrons. The molecule has 0 aliphatic carbocycles. The Morgan fingerprint density at radius 3 is 1.57 bits per heavy atom. The SMILES string of the molecule is C=Cc1ccccc1.FC(F)C(F)F. The van der Waals surface area contributed by atoms with Crippen LogP contribution in [0.1, 0.15) is 5.56 Å². The summed E-state index contributed by atoms with van der Waals surface area (Å²) in [5, 5.41) is 0. The normalized spacial score (nSPS) is 9.57. The third-order valence-corrected chi connectivity index (χ3v) is 1.23. The zero-order chi connectivity index (χ0) is 11.0. The Kier molecular flexibility index (Phi) is 6.45. The first-order valence-corrected chi connectivity index (χ1v) is 3.81. The van der Waals surface area contributed by atoms with E-state index in [1.54, 1.807) is 0 Å². The van der Waals surface area contributed by atoms with Crippen molar-refractivity contribution < 1.29 is 17.6 Å². The van der Waals surface area contributed by atoms with Crippen LogP contribution in [0.5, 0.6) is 0 Å². The van der Waals surface area contributed by atoms with Crippen molar-refractivity contribution in [1.82, 2.24) is 0 Å². The zero-order valence-corrected chi connectivity index (χ0v) is 7.34. The highest BCUT2D eigenvalue weighted by molar-refractivity contribution is 5.45. The summed E-state index contributed by atoms with van der Waals surface area (Å²) in [4.78, 5) is 0. The second-order valence-electron chi connectivity index (χ2n) is 2.28. The molecule has 0 spiro atoms. The first kappa shape index (κ1) is 12.7. The van der Waals surface area contributed by atoms with Crippen molar-refractivity contribution >= 4 is 6.08 Å².